The van der Waals surface area contributed by atoms with E-state index in [9.17, 15) is 9.59 Å². The highest BCUT2D eigenvalue weighted by molar-refractivity contribution is 5.79. The topological polar surface area (TPSA) is 52.7 Å². The lowest BCUT2D eigenvalue weighted by molar-refractivity contribution is -0.138. The maximum absolute atomic E-state index is 12.6. The first kappa shape index (κ1) is 20.6. The number of rotatable bonds is 6. The number of nitrogens with zero attached hydrogens (tertiary/aromatic N) is 2. The Bertz CT molecular complexity index is 460. The molecule has 0 bridgehead atoms. The Labute approximate surface area is 165 Å². The minimum Gasteiger partial charge on any atom is -0.355 e. The minimum absolute atomic E-state index is 0.196. The summed E-state index contributed by atoms with van der Waals surface area (Å²) in [5.74, 6) is 1.30. The summed E-state index contributed by atoms with van der Waals surface area (Å²) in [7, 11) is 0. The number of nitrogens with one attached hydrogen (secondary N) is 1. The lowest BCUT2D eigenvalue weighted by atomic mass is 9.87. The molecule has 2 saturated heterocycles. The summed E-state index contributed by atoms with van der Waals surface area (Å²) in [5.41, 5.74) is 0. The van der Waals surface area contributed by atoms with E-state index >= 15 is 0 Å². The fourth-order valence-electron chi connectivity index (χ4n) is 5.01. The predicted molar refractivity (Wildman–Crippen MR) is 108 cm³/mol. The fourth-order valence-corrected chi connectivity index (χ4v) is 5.01. The van der Waals surface area contributed by atoms with Gasteiger partial charge in [-0.25, -0.2) is 0 Å². The second-order valence-electron chi connectivity index (χ2n) is 8.91. The van der Waals surface area contributed by atoms with E-state index in [1.165, 1.54) is 58.0 Å². The number of carbonyl (C=O) groups excluding carboxylic acids is 2. The summed E-state index contributed by atoms with van der Waals surface area (Å²) >= 11 is 0. The molecule has 1 aliphatic carbocycles. The van der Waals surface area contributed by atoms with Crippen molar-refractivity contribution in [3.8, 4) is 0 Å². The maximum Gasteiger partial charge on any atom is 0.225 e. The van der Waals surface area contributed by atoms with E-state index in [-0.39, 0.29) is 11.8 Å². The van der Waals surface area contributed by atoms with Crippen molar-refractivity contribution < 1.29 is 9.59 Å². The van der Waals surface area contributed by atoms with E-state index < -0.39 is 0 Å². The third-order valence-corrected chi connectivity index (χ3v) is 6.80. The summed E-state index contributed by atoms with van der Waals surface area (Å²) in [6.45, 7) is 5.83. The van der Waals surface area contributed by atoms with Gasteiger partial charge < -0.3 is 15.1 Å². The Hall–Kier alpha value is -1.10. The molecule has 0 aromatic heterocycles. The van der Waals surface area contributed by atoms with Gasteiger partial charge in [0.2, 0.25) is 11.8 Å². The van der Waals surface area contributed by atoms with Crippen LogP contribution in [0.15, 0.2) is 0 Å². The number of carbonyl (C=O) groups is 2. The second kappa shape index (κ2) is 11.0. The van der Waals surface area contributed by atoms with Crippen LogP contribution in [0.2, 0.25) is 0 Å². The molecule has 154 valence electrons. The Balaban J connectivity index is 1.29. The van der Waals surface area contributed by atoms with Gasteiger partial charge in [0.05, 0.1) is 0 Å². The van der Waals surface area contributed by atoms with E-state index in [0.29, 0.717) is 18.2 Å². The first-order valence-electron chi connectivity index (χ1n) is 11.5. The van der Waals surface area contributed by atoms with Crippen molar-refractivity contribution in [1.82, 2.24) is 15.1 Å². The van der Waals surface area contributed by atoms with Gasteiger partial charge in [-0.1, -0.05) is 32.1 Å². The molecule has 0 aromatic carbocycles. The standard InChI is InChI=1S/C22H39N3O2/c26-21(23-12-17-24-13-6-1-2-7-14-24)18-19-10-15-25(16-11-19)22(27)20-8-4-3-5-9-20/h19-20H,1-18H2,(H,23,26). The van der Waals surface area contributed by atoms with Crippen molar-refractivity contribution in [2.45, 2.75) is 77.0 Å². The van der Waals surface area contributed by atoms with Gasteiger partial charge in [-0.15, -0.1) is 0 Å². The van der Waals surface area contributed by atoms with Gasteiger partial charge >= 0.3 is 0 Å². The minimum atomic E-state index is 0.196. The molecular weight excluding hydrogens is 338 g/mol. The lowest BCUT2D eigenvalue weighted by Gasteiger charge is -2.35. The van der Waals surface area contributed by atoms with Gasteiger partial charge in [-0.05, 0) is 57.5 Å². The predicted octanol–water partition coefficient (Wildman–Crippen LogP) is 3.19. The molecule has 2 amide bonds. The van der Waals surface area contributed by atoms with Gasteiger partial charge in [0.15, 0.2) is 0 Å². The quantitative estimate of drug-likeness (QED) is 0.773. The molecule has 3 fully saturated rings. The van der Waals surface area contributed by atoms with Gasteiger partial charge in [-0.2, -0.15) is 0 Å². The number of amides is 2. The van der Waals surface area contributed by atoms with Crippen molar-refractivity contribution in [3.63, 3.8) is 0 Å². The zero-order chi connectivity index (χ0) is 18.9. The molecule has 2 aliphatic heterocycles. The highest BCUT2D eigenvalue weighted by Crippen LogP contribution is 2.28. The van der Waals surface area contributed by atoms with Crippen molar-refractivity contribution in [2.24, 2.45) is 11.8 Å². The van der Waals surface area contributed by atoms with Crippen LogP contribution in [0.3, 0.4) is 0 Å². The van der Waals surface area contributed by atoms with E-state index in [1.807, 2.05) is 0 Å². The average molecular weight is 378 g/mol. The molecule has 3 rings (SSSR count). The van der Waals surface area contributed by atoms with Gasteiger partial charge in [0.25, 0.3) is 0 Å². The third-order valence-electron chi connectivity index (χ3n) is 6.80. The number of piperidine rings is 1. The van der Waals surface area contributed by atoms with Crippen molar-refractivity contribution in [3.05, 3.63) is 0 Å². The Kier molecular flexibility index (Phi) is 8.43. The summed E-state index contributed by atoms with van der Waals surface area (Å²) < 4.78 is 0. The van der Waals surface area contributed by atoms with Crippen LogP contribution in [-0.4, -0.2) is 60.9 Å². The first-order chi connectivity index (χ1) is 13.2. The zero-order valence-corrected chi connectivity index (χ0v) is 17.1. The van der Waals surface area contributed by atoms with E-state index in [2.05, 4.69) is 15.1 Å². The fraction of sp³-hybridized carbons (Fsp3) is 0.909. The van der Waals surface area contributed by atoms with Crippen molar-refractivity contribution >= 4 is 11.8 Å². The molecule has 27 heavy (non-hydrogen) atoms. The Morgan fingerprint density at radius 1 is 0.778 bits per heavy atom. The molecular formula is C22H39N3O2. The van der Waals surface area contributed by atoms with Crippen LogP contribution in [0.25, 0.3) is 0 Å². The van der Waals surface area contributed by atoms with Gasteiger partial charge in [0.1, 0.15) is 0 Å². The van der Waals surface area contributed by atoms with Crippen LogP contribution < -0.4 is 5.32 Å². The normalized spacial score (nSPS) is 23.8. The molecule has 1 saturated carbocycles. The molecule has 0 aromatic rings. The summed E-state index contributed by atoms with van der Waals surface area (Å²) in [4.78, 5) is 29.5. The first-order valence-corrected chi connectivity index (χ1v) is 11.5. The van der Waals surface area contributed by atoms with Gasteiger partial charge in [0, 0.05) is 38.5 Å². The average Bonchev–Trinajstić information content (AvgIpc) is 2.98. The van der Waals surface area contributed by atoms with Crippen LogP contribution in [-0.2, 0) is 9.59 Å². The zero-order valence-electron chi connectivity index (χ0n) is 17.1. The molecule has 5 nitrogen and oxygen atoms in total. The smallest absolute Gasteiger partial charge is 0.225 e. The van der Waals surface area contributed by atoms with Crippen molar-refractivity contribution in [2.75, 3.05) is 39.3 Å². The molecule has 2 heterocycles. The molecule has 0 atom stereocenters. The monoisotopic (exact) mass is 377 g/mol. The van der Waals surface area contributed by atoms with Crippen LogP contribution in [0.5, 0.6) is 0 Å². The molecule has 1 N–H and O–H groups in total. The molecule has 3 aliphatic rings. The number of hydrogen-bond donors (Lipinski definition) is 1. The third kappa shape index (κ3) is 6.78. The summed E-state index contributed by atoms with van der Waals surface area (Å²) in [5, 5.41) is 3.12. The number of hydrogen-bond acceptors (Lipinski definition) is 3. The Morgan fingerprint density at radius 2 is 1.41 bits per heavy atom. The van der Waals surface area contributed by atoms with Crippen LogP contribution >= 0.6 is 0 Å². The summed E-state index contributed by atoms with van der Waals surface area (Å²) in [6, 6.07) is 0. The van der Waals surface area contributed by atoms with E-state index in [1.54, 1.807) is 0 Å². The largest absolute Gasteiger partial charge is 0.355 e. The molecule has 5 heteroatoms. The number of likely N-dealkylation sites (tertiary alicyclic amines) is 2. The summed E-state index contributed by atoms with van der Waals surface area (Å²) in [6.07, 6.45) is 13.8. The van der Waals surface area contributed by atoms with Crippen LogP contribution in [0.4, 0.5) is 0 Å². The van der Waals surface area contributed by atoms with E-state index in [0.717, 1.165) is 51.9 Å². The highest BCUT2D eigenvalue weighted by Gasteiger charge is 2.29. The van der Waals surface area contributed by atoms with Gasteiger partial charge in [-0.3, -0.25) is 9.59 Å². The highest BCUT2D eigenvalue weighted by atomic mass is 16.2. The van der Waals surface area contributed by atoms with Crippen molar-refractivity contribution in [1.29, 1.82) is 0 Å². The molecule has 0 radical (unpaired) electrons. The maximum atomic E-state index is 12.6. The Morgan fingerprint density at radius 3 is 2.07 bits per heavy atom. The van der Waals surface area contributed by atoms with Crippen LogP contribution in [0, 0.1) is 11.8 Å². The second-order valence-corrected chi connectivity index (χ2v) is 8.91. The molecule has 0 spiro atoms. The van der Waals surface area contributed by atoms with E-state index in [4.69, 9.17) is 0 Å². The molecule has 0 unspecified atom stereocenters. The van der Waals surface area contributed by atoms with Crippen LogP contribution in [0.1, 0.15) is 77.0 Å². The lowest BCUT2D eigenvalue weighted by Crippen LogP contribution is -2.43. The SMILES string of the molecule is O=C(CC1CCN(C(=O)C2CCCCC2)CC1)NCCN1CCCCCC1.